The van der Waals surface area contributed by atoms with E-state index in [9.17, 15) is 13.2 Å². The number of alkyl halides is 3. The Morgan fingerprint density at radius 2 is 2.00 bits per heavy atom. The minimum Gasteiger partial charge on any atom is -0.419 e. The van der Waals surface area contributed by atoms with Crippen molar-refractivity contribution in [3.8, 4) is 11.5 Å². The lowest BCUT2D eigenvalue weighted by Gasteiger charge is -2.03. The third-order valence-electron chi connectivity index (χ3n) is 4.09. The molecule has 1 aliphatic rings. The van der Waals surface area contributed by atoms with Crippen molar-refractivity contribution in [1.82, 2.24) is 29.8 Å². The van der Waals surface area contributed by atoms with E-state index in [1.807, 2.05) is 6.92 Å². The van der Waals surface area contributed by atoms with E-state index in [0.29, 0.717) is 11.3 Å². The fourth-order valence-corrected chi connectivity index (χ4v) is 2.77. The molecule has 4 rings (SSSR count). The largest absolute Gasteiger partial charge is 0.435 e. The third-order valence-corrected chi connectivity index (χ3v) is 4.09. The Balaban J connectivity index is 1.63. The maximum absolute atomic E-state index is 12.9. The van der Waals surface area contributed by atoms with Crippen molar-refractivity contribution in [1.29, 1.82) is 0 Å². The topological polar surface area (TPSA) is 74.6 Å². The minimum atomic E-state index is -4.47. The zero-order chi connectivity index (χ0) is 17.8. The van der Waals surface area contributed by atoms with Crippen LogP contribution < -0.4 is 0 Å². The molecule has 0 aliphatic heterocycles. The van der Waals surface area contributed by atoms with Crippen molar-refractivity contribution in [2.45, 2.75) is 38.4 Å². The van der Waals surface area contributed by atoms with Crippen LogP contribution in [0.1, 0.15) is 41.7 Å². The molecule has 3 aromatic heterocycles. The molecule has 1 saturated carbocycles. The third kappa shape index (κ3) is 3.03. The molecule has 0 atom stereocenters. The normalized spacial score (nSPS) is 15.1. The van der Waals surface area contributed by atoms with E-state index in [0.717, 1.165) is 24.6 Å². The molecule has 1 aliphatic carbocycles. The first-order chi connectivity index (χ1) is 11.8. The number of rotatable bonds is 4. The van der Waals surface area contributed by atoms with Gasteiger partial charge in [-0.3, -0.25) is 9.36 Å². The maximum Gasteiger partial charge on any atom is 0.435 e. The van der Waals surface area contributed by atoms with Crippen LogP contribution in [0.2, 0.25) is 0 Å². The lowest BCUT2D eigenvalue weighted by Crippen LogP contribution is -2.09. The molecule has 3 heterocycles. The van der Waals surface area contributed by atoms with Gasteiger partial charge in [-0.25, -0.2) is 0 Å². The zero-order valence-corrected chi connectivity index (χ0v) is 13.6. The molecule has 3 aromatic rings. The maximum atomic E-state index is 12.9. The van der Waals surface area contributed by atoms with Crippen LogP contribution in [0, 0.1) is 6.92 Å². The van der Waals surface area contributed by atoms with Crippen LogP contribution >= 0.6 is 0 Å². The summed E-state index contributed by atoms with van der Waals surface area (Å²) in [7, 11) is 1.78. The average Bonchev–Trinajstić information content (AvgIpc) is 2.95. The van der Waals surface area contributed by atoms with E-state index in [-0.39, 0.29) is 24.2 Å². The standard InChI is InChI=1S/C15H15F3N6O/c1-8-10(6-23(2)21-8)14-20-19-13(25-14)7-24-11(9-3-4-9)5-12(22-24)15(16,17)18/h5-6,9H,3-4,7H2,1-2H3. The molecule has 0 saturated heterocycles. The molecule has 0 bridgehead atoms. The van der Waals surface area contributed by atoms with Gasteiger partial charge in [0.2, 0.25) is 5.89 Å². The summed E-state index contributed by atoms with van der Waals surface area (Å²) in [5.41, 5.74) is 1.09. The number of hydrogen-bond acceptors (Lipinski definition) is 5. The molecule has 0 unspecified atom stereocenters. The Kier molecular flexibility index (Phi) is 3.44. The molecule has 0 spiro atoms. The van der Waals surface area contributed by atoms with Gasteiger partial charge in [-0.1, -0.05) is 0 Å². The van der Waals surface area contributed by atoms with E-state index in [1.165, 1.54) is 4.68 Å². The molecule has 1 fully saturated rings. The quantitative estimate of drug-likeness (QED) is 0.722. The molecule has 0 amide bonds. The molecule has 132 valence electrons. The van der Waals surface area contributed by atoms with Crippen LogP contribution in [0.25, 0.3) is 11.5 Å². The molecule has 7 nitrogen and oxygen atoms in total. The Morgan fingerprint density at radius 3 is 2.60 bits per heavy atom. The summed E-state index contributed by atoms with van der Waals surface area (Å²) in [6.45, 7) is 1.82. The number of halogens is 3. The predicted octanol–water partition coefficient (Wildman–Crippen LogP) is 2.92. The predicted molar refractivity (Wildman–Crippen MR) is 79.5 cm³/mol. The minimum absolute atomic E-state index is 0.00816. The van der Waals surface area contributed by atoms with Crippen molar-refractivity contribution < 1.29 is 17.6 Å². The molecular weight excluding hydrogens is 337 g/mol. The van der Waals surface area contributed by atoms with Gasteiger partial charge in [-0.2, -0.15) is 23.4 Å². The second-order valence-electron chi connectivity index (χ2n) is 6.19. The summed E-state index contributed by atoms with van der Waals surface area (Å²) >= 11 is 0. The highest BCUT2D eigenvalue weighted by atomic mass is 19.4. The SMILES string of the molecule is Cc1nn(C)cc1-c1nnc(Cn2nc(C(F)(F)F)cc2C2CC2)o1. The molecule has 25 heavy (non-hydrogen) atoms. The Labute approximate surface area is 140 Å². The average molecular weight is 352 g/mol. The molecule has 0 radical (unpaired) electrons. The number of aromatic nitrogens is 6. The summed E-state index contributed by atoms with van der Waals surface area (Å²) < 4.78 is 47.4. The van der Waals surface area contributed by atoms with E-state index >= 15 is 0 Å². The number of aryl methyl sites for hydroxylation is 2. The number of hydrogen-bond donors (Lipinski definition) is 0. The van der Waals surface area contributed by atoms with Gasteiger partial charge < -0.3 is 4.42 Å². The highest BCUT2D eigenvalue weighted by Gasteiger charge is 2.38. The van der Waals surface area contributed by atoms with Gasteiger partial charge in [-0.05, 0) is 25.8 Å². The Bertz CT molecular complexity index is 918. The second-order valence-corrected chi connectivity index (χ2v) is 6.19. The van der Waals surface area contributed by atoms with Gasteiger partial charge >= 0.3 is 6.18 Å². The van der Waals surface area contributed by atoms with Gasteiger partial charge in [0.05, 0.1) is 11.3 Å². The van der Waals surface area contributed by atoms with Crippen LogP contribution in [-0.2, 0) is 19.8 Å². The lowest BCUT2D eigenvalue weighted by molar-refractivity contribution is -0.141. The van der Waals surface area contributed by atoms with E-state index in [4.69, 9.17) is 4.42 Å². The van der Waals surface area contributed by atoms with Gasteiger partial charge in [0.15, 0.2) is 5.69 Å². The van der Waals surface area contributed by atoms with Crippen LogP contribution in [0.4, 0.5) is 13.2 Å². The van der Waals surface area contributed by atoms with E-state index in [1.54, 1.807) is 17.9 Å². The van der Waals surface area contributed by atoms with Crippen molar-refractivity contribution in [2.75, 3.05) is 0 Å². The Morgan fingerprint density at radius 1 is 1.24 bits per heavy atom. The highest BCUT2D eigenvalue weighted by molar-refractivity contribution is 5.54. The van der Waals surface area contributed by atoms with Crippen LogP contribution in [0.15, 0.2) is 16.7 Å². The second kappa shape index (κ2) is 5.43. The fraction of sp³-hybridized carbons (Fsp3) is 0.467. The summed E-state index contributed by atoms with van der Waals surface area (Å²) in [6.07, 6.45) is -0.987. The summed E-state index contributed by atoms with van der Waals surface area (Å²) in [5, 5.41) is 15.8. The Hall–Kier alpha value is -2.65. The molecule has 10 heteroatoms. The van der Waals surface area contributed by atoms with Crippen LogP contribution in [0.5, 0.6) is 0 Å². The lowest BCUT2D eigenvalue weighted by atomic mass is 10.2. The van der Waals surface area contributed by atoms with Crippen molar-refractivity contribution in [2.24, 2.45) is 7.05 Å². The van der Waals surface area contributed by atoms with Crippen LogP contribution in [-0.4, -0.2) is 29.8 Å². The summed E-state index contributed by atoms with van der Waals surface area (Å²) in [6, 6.07) is 1.11. The van der Waals surface area contributed by atoms with Crippen molar-refractivity contribution in [3.05, 3.63) is 35.2 Å². The fourth-order valence-electron chi connectivity index (χ4n) is 2.77. The van der Waals surface area contributed by atoms with Crippen LogP contribution in [0.3, 0.4) is 0 Å². The smallest absolute Gasteiger partial charge is 0.419 e. The molecular formula is C15H15F3N6O. The van der Waals surface area contributed by atoms with E-state index in [2.05, 4.69) is 20.4 Å². The highest BCUT2D eigenvalue weighted by Crippen LogP contribution is 2.42. The van der Waals surface area contributed by atoms with Gasteiger partial charge in [0, 0.05) is 24.9 Å². The van der Waals surface area contributed by atoms with Gasteiger partial charge in [-0.15, -0.1) is 10.2 Å². The molecule has 0 N–H and O–H groups in total. The number of nitrogens with zero attached hydrogens (tertiary/aromatic N) is 6. The first-order valence-electron chi connectivity index (χ1n) is 7.79. The molecule has 0 aromatic carbocycles. The summed E-state index contributed by atoms with van der Waals surface area (Å²) in [5.74, 6) is 0.611. The van der Waals surface area contributed by atoms with Gasteiger partial charge in [0.25, 0.3) is 5.89 Å². The van der Waals surface area contributed by atoms with Gasteiger partial charge in [0.1, 0.15) is 6.54 Å². The first-order valence-corrected chi connectivity index (χ1v) is 7.79. The van der Waals surface area contributed by atoms with Crippen molar-refractivity contribution in [3.63, 3.8) is 0 Å². The summed E-state index contributed by atoms with van der Waals surface area (Å²) in [4.78, 5) is 0. The zero-order valence-electron chi connectivity index (χ0n) is 13.6. The van der Waals surface area contributed by atoms with E-state index < -0.39 is 11.9 Å². The monoisotopic (exact) mass is 352 g/mol. The van der Waals surface area contributed by atoms with Crippen molar-refractivity contribution >= 4 is 0 Å². The first kappa shape index (κ1) is 15.9.